The van der Waals surface area contributed by atoms with Gasteiger partial charge in [0.2, 0.25) is 23.5 Å². The second-order valence-electron chi connectivity index (χ2n) is 13.0. The van der Waals surface area contributed by atoms with Crippen molar-refractivity contribution in [3.8, 4) is 0 Å². The molecule has 11 atom stereocenters. The van der Waals surface area contributed by atoms with Crippen LogP contribution < -0.4 is 24.0 Å². The van der Waals surface area contributed by atoms with E-state index < -0.39 is 79.2 Å². The number of hydrogen-bond donors (Lipinski definition) is 8. The Balaban J connectivity index is 0.000000192. The van der Waals surface area contributed by atoms with Crippen LogP contribution in [-0.2, 0) is 36.3 Å². The average molecular weight is 882 g/mol. The van der Waals surface area contributed by atoms with Crippen molar-refractivity contribution in [2.75, 3.05) is 37.3 Å². The quantitative estimate of drug-likeness (QED) is 0.0551. The van der Waals surface area contributed by atoms with Crippen molar-refractivity contribution in [1.82, 2.24) is 29.1 Å². The van der Waals surface area contributed by atoms with E-state index >= 15 is 0 Å². The molecule has 11 unspecified atom stereocenters. The number of nitrogens with zero attached hydrogens (tertiary/aromatic N) is 12. The van der Waals surface area contributed by atoms with E-state index in [0.29, 0.717) is 40.1 Å². The molecule has 58 heavy (non-hydrogen) atoms. The van der Waals surface area contributed by atoms with E-state index in [1.807, 2.05) is 6.92 Å². The van der Waals surface area contributed by atoms with Crippen molar-refractivity contribution >= 4 is 69.1 Å². The largest absolute Gasteiger partial charge is 0.756 e. The lowest BCUT2D eigenvalue weighted by Crippen LogP contribution is -2.46. The van der Waals surface area contributed by atoms with Gasteiger partial charge < -0.3 is 54.6 Å². The third kappa shape index (κ3) is 7.82. The summed E-state index contributed by atoms with van der Waals surface area (Å²) in [5, 5.41) is 62.3. The van der Waals surface area contributed by atoms with E-state index in [4.69, 9.17) is 14.4 Å². The first kappa shape index (κ1) is 42.3. The highest BCUT2D eigenvalue weighted by Gasteiger charge is 2.50. The van der Waals surface area contributed by atoms with Gasteiger partial charge in [0.1, 0.15) is 36.6 Å². The first-order chi connectivity index (χ1) is 27.1. The zero-order chi connectivity index (χ0) is 42.2. The second-order valence-corrected chi connectivity index (χ2v) is 17.4. The Morgan fingerprint density at radius 3 is 1.60 bits per heavy atom. The summed E-state index contributed by atoms with van der Waals surface area (Å²) in [6, 6.07) is 0. The van der Waals surface area contributed by atoms with Gasteiger partial charge in [0.05, 0.1) is 13.2 Å². The van der Waals surface area contributed by atoms with Gasteiger partial charge in [-0.3, -0.25) is 9.09 Å². The summed E-state index contributed by atoms with van der Waals surface area (Å²) < 4.78 is 63.1. The summed E-state index contributed by atoms with van der Waals surface area (Å²) in [6.07, 6.45) is -4.18. The zero-order valence-electron chi connectivity index (χ0n) is 30.3. The van der Waals surface area contributed by atoms with Gasteiger partial charge in [-0.05, 0) is 0 Å². The van der Waals surface area contributed by atoms with Crippen molar-refractivity contribution < 1.29 is 90.6 Å². The SMILES string of the molecule is CC1=NN(C)c2ncnc3c2n1c[n+]3C1OC(CO)C(O)C1O.CC1=NN(C)c2ncnc3c2n1c[n+]3C1OC(COP(=O)(O)OP(=O)(O)OP(=O)([O-])O)C(O)C1O. The minimum Gasteiger partial charge on any atom is -0.756 e. The normalized spacial score (nSPS) is 29.7. The third-order valence-electron chi connectivity index (χ3n) is 9.14. The molecule has 0 amide bonds. The molecule has 8 heterocycles. The van der Waals surface area contributed by atoms with E-state index in [1.165, 1.54) is 28.6 Å². The smallest absolute Gasteiger partial charge is 0.487 e. The predicted molar refractivity (Wildman–Crippen MR) is 186 cm³/mol. The van der Waals surface area contributed by atoms with Crippen LogP contribution in [0.25, 0.3) is 22.3 Å². The minimum atomic E-state index is -5.80. The number of rotatable bonds is 10. The van der Waals surface area contributed by atoms with Gasteiger partial charge in [-0.15, -0.1) is 10.2 Å². The third-order valence-corrected chi connectivity index (χ3v) is 12.9. The van der Waals surface area contributed by atoms with Crippen LogP contribution in [0, 0.1) is 0 Å². The number of imidazole rings is 2. The lowest BCUT2D eigenvalue weighted by molar-refractivity contribution is -0.745. The topological polar surface area (TPSA) is 383 Å². The second kappa shape index (κ2) is 15.3. The Bertz CT molecular complexity index is 2460. The first-order valence-corrected chi connectivity index (χ1v) is 21.1. The Morgan fingerprint density at radius 1 is 0.724 bits per heavy atom. The maximum atomic E-state index is 11.9. The first-order valence-electron chi connectivity index (χ1n) is 16.6. The molecule has 2 fully saturated rings. The molecule has 0 radical (unpaired) electrons. The number of anilines is 2. The highest BCUT2D eigenvalue weighted by atomic mass is 31.3. The molecule has 316 valence electrons. The lowest BCUT2D eigenvalue weighted by atomic mass is 10.1. The van der Waals surface area contributed by atoms with E-state index in [0.717, 1.165) is 5.52 Å². The van der Waals surface area contributed by atoms with Gasteiger partial charge in [0.15, 0.2) is 48.6 Å². The van der Waals surface area contributed by atoms with Gasteiger partial charge in [-0.2, -0.15) is 14.3 Å². The van der Waals surface area contributed by atoms with Gasteiger partial charge in [-0.25, -0.2) is 41.7 Å². The van der Waals surface area contributed by atoms with E-state index in [2.05, 4.69) is 43.3 Å². The molecule has 2 saturated heterocycles. The number of aliphatic hydroxyl groups excluding tert-OH is 5. The number of aromatic nitrogens is 8. The Hall–Kier alpha value is -3.83. The molecule has 4 aliphatic heterocycles. The summed E-state index contributed by atoms with van der Waals surface area (Å²) >= 11 is 0. The monoisotopic (exact) mass is 881 g/mol. The molecular formula is C26H36N12O17P3+. The fourth-order valence-corrected chi connectivity index (χ4v) is 9.64. The van der Waals surface area contributed by atoms with Gasteiger partial charge in [0.25, 0.3) is 7.82 Å². The molecule has 8 rings (SSSR count). The van der Waals surface area contributed by atoms with Crippen molar-refractivity contribution in [2.45, 2.75) is 62.9 Å². The van der Waals surface area contributed by atoms with Gasteiger partial charge in [0, 0.05) is 27.9 Å². The van der Waals surface area contributed by atoms with Crippen molar-refractivity contribution in [1.29, 1.82) is 0 Å². The summed E-state index contributed by atoms with van der Waals surface area (Å²) in [4.78, 5) is 54.7. The van der Waals surface area contributed by atoms with Gasteiger partial charge in [-0.1, -0.05) is 9.97 Å². The number of phosphoric ester groups is 1. The van der Waals surface area contributed by atoms with Crippen LogP contribution in [0.3, 0.4) is 0 Å². The van der Waals surface area contributed by atoms with Crippen LogP contribution in [-0.4, -0.2) is 145 Å². The Morgan fingerprint density at radius 2 is 1.17 bits per heavy atom. The lowest BCUT2D eigenvalue weighted by Gasteiger charge is -2.21. The summed E-state index contributed by atoms with van der Waals surface area (Å²) in [5.74, 6) is 2.33. The van der Waals surface area contributed by atoms with Crippen molar-refractivity contribution in [2.24, 2.45) is 10.2 Å². The van der Waals surface area contributed by atoms with Crippen LogP contribution in [0.5, 0.6) is 0 Å². The van der Waals surface area contributed by atoms with E-state index in [1.54, 1.807) is 46.1 Å². The molecule has 4 aliphatic rings. The summed E-state index contributed by atoms with van der Waals surface area (Å²) in [7, 11) is -13.6. The fourth-order valence-electron chi connectivity index (χ4n) is 6.64. The number of aliphatic hydroxyl groups is 5. The molecule has 29 nitrogen and oxygen atoms in total. The molecule has 4 aromatic heterocycles. The van der Waals surface area contributed by atoms with Gasteiger partial charge >= 0.3 is 26.9 Å². The summed E-state index contributed by atoms with van der Waals surface area (Å²) in [6.45, 7) is 2.21. The molecule has 4 aromatic rings. The highest BCUT2D eigenvalue weighted by Crippen LogP contribution is 2.65. The van der Waals surface area contributed by atoms with Crippen molar-refractivity contribution in [3.63, 3.8) is 0 Å². The maximum Gasteiger partial charge on any atom is 0.487 e. The standard InChI is InChI=1S/C13H19N6O13P3.C13H17N6O4/c1-6-16-17(2)11-8-12(15-4-14-11)19(5-18(6)8)13-10(21)9(20)7(30-13)3-29-34(25,26)32-35(27,28)31-33(22,23)24;1-6-16-17(2)11-8-12(15-4-14-11)19(5-18(6)8)13-10(22)9(21)7(3-20)23-13/h4-5,7,9-10,13,20-21H,3H2,1-2H3,(H3-,22,23,24,25,26,27,28);4-5,7,9-10,13,20-22H,3H2,1-2H3/q;+1. The molecule has 0 aliphatic carbocycles. The predicted octanol–water partition coefficient (Wildman–Crippen LogP) is -4.36. The molecule has 0 spiro atoms. The molecule has 0 bridgehead atoms. The molecule has 8 N–H and O–H groups in total. The van der Waals surface area contributed by atoms with E-state index in [-0.39, 0.29) is 6.61 Å². The van der Waals surface area contributed by atoms with Crippen LogP contribution in [0.2, 0.25) is 0 Å². The number of hydrogen-bond acceptors (Lipinski definition) is 22. The average Bonchev–Trinajstić information content (AvgIpc) is 3.86. The summed E-state index contributed by atoms with van der Waals surface area (Å²) in [5.41, 5.74) is 2.11. The van der Waals surface area contributed by atoms with E-state index in [9.17, 15) is 53.9 Å². The number of hydrazone groups is 2. The van der Waals surface area contributed by atoms with Crippen LogP contribution in [0.15, 0.2) is 35.5 Å². The number of ether oxygens (including phenoxy) is 2. The fraction of sp³-hybridized carbons (Fsp3) is 0.538. The maximum absolute atomic E-state index is 11.9. The Kier molecular flexibility index (Phi) is 11.2. The minimum absolute atomic E-state index is 0.300. The molecule has 0 saturated carbocycles. The number of phosphoric acid groups is 3. The zero-order valence-corrected chi connectivity index (χ0v) is 33.0. The van der Waals surface area contributed by atoms with Crippen molar-refractivity contribution in [3.05, 3.63) is 25.3 Å². The molecular weight excluding hydrogens is 845 g/mol. The molecule has 32 heteroatoms. The van der Waals surface area contributed by atoms with Crippen LogP contribution in [0.1, 0.15) is 26.3 Å². The Labute approximate surface area is 324 Å². The highest BCUT2D eigenvalue weighted by molar-refractivity contribution is 7.66. The molecule has 0 aromatic carbocycles. The van der Waals surface area contributed by atoms with Crippen LogP contribution >= 0.6 is 23.5 Å². The van der Waals surface area contributed by atoms with Crippen LogP contribution in [0.4, 0.5) is 11.6 Å².